The van der Waals surface area contributed by atoms with Gasteiger partial charge in [0, 0.05) is 0 Å². The fourth-order valence-electron chi connectivity index (χ4n) is 1.17. The maximum atomic E-state index is 10.6. The van der Waals surface area contributed by atoms with Crippen LogP contribution in [-0.4, -0.2) is 21.2 Å². The van der Waals surface area contributed by atoms with Gasteiger partial charge in [0.2, 0.25) is 5.89 Å². The molecule has 0 saturated carbocycles. The van der Waals surface area contributed by atoms with Crippen LogP contribution < -0.4 is 0 Å². The second-order valence-corrected chi connectivity index (χ2v) is 2.75. The van der Waals surface area contributed by atoms with Crippen molar-refractivity contribution in [1.29, 1.82) is 0 Å². The summed E-state index contributed by atoms with van der Waals surface area (Å²) < 4.78 is 5.08. The number of benzene rings is 1. The van der Waals surface area contributed by atoms with Gasteiger partial charge in [-0.05, 0) is 18.2 Å². The largest absolute Gasteiger partial charge is 0.478 e. The molecule has 2 rings (SSSR count). The number of carbonyl (C=O) groups is 1. The van der Waals surface area contributed by atoms with E-state index in [0.29, 0.717) is 11.1 Å². The van der Waals surface area contributed by atoms with Gasteiger partial charge in [0.15, 0.2) is 5.58 Å². The molecule has 0 atom stereocenters. The number of oxazole rings is 1. The standard InChI is InChI=1S/C9H7NO4/c11-4-8-10-6-2-1-5(9(12)13)3-7(6)14-8/h1-3,11H,4H2,(H,12,13). The lowest BCUT2D eigenvalue weighted by Crippen LogP contribution is -1.94. The number of aromatic carboxylic acids is 1. The zero-order valence-corrected chi connectivity index (χ0v) is 7.10. The average molecular weight is 193 g/mol. The van der Waals surface area contributed by atoms with E-state index in [4.69, 9.17) is 14.6 Å². The minimum absolute atomic E-state index is 0.137. The van der Waals surface area contributed by atoms with Crippen molar-refractivity contribution in [2.45, 2.75) is 6.61 Å². The predicted octanol–water partition coefficient (Wildman–Crippen LogP) is 1.02. The third kappa shape index (κ3) is 1.33. The van der Waals surface area contributed by atoms with Crippen molar-refractivity contribution in [1.82, 2.24) is 4.98 Å². The molecule has 0 radical (unpaired) electrons. The summed E-state index contributed by atoms with van der Waals surface area (Å²) in [6.45, 7) is -0.295. The van der Waals surface area contributed by atoms with Crippen LogP contribution in [0.1, 0.15) is 16.2 Å². The van der Waals surface area contributed by atoms with E-state index in [1.165, 1.54) is 12.1 Å². The number of hydrogen-bond donors (Lipinski definition) is 2. The Morgan fingerprint density at radius 2 is 2.29 bits per heavy atom. The quantitative estimate of drug-likeness (QED) is 0.743. The first kappa shape index (κ1) is 8.71. The normalized spacial score (nSPS) is 10.6. The van der Waals surface area contributed by atoms with Crippen LogP contribution in [0.3, 0.4) is 0 Å². The van der Waals surface area contributed by atoms with Crippen molar-refractivity contribution in [2.24, 2.45) is 0 Å². The highest BCUT2D eigenvalue weighted by atomic mass is 16.4. The van der Waals surface area contributed by atoms with E-state index in [1.807, 2.05) is 0 Å². The summed E-state index contributed by atoms with van der Waals surface area (Å²) in [6, 6.07) is 4.36. The zero-order valence-electron chi connectivity index (χ0n) is 7.10. The molecule has 5 nitrogen and oxygen atoms in total. The van der Waals surface area contributed by atoms with E-state index in [9.17, 15) is 4.79 Å². The lowest BCUT2D eigenvalue weighted by Gasteiger charge is -1.91. The molecule has 1 aromatic heterocycles. The van der Waals surface area contributed by atoms with Crippen molar-refractivity contribution in [3.63, 3.8) is 0 Å². The van der Waals surface area contributed by atoms with Gasteiger partial charge in [-0.3, -0.25) is 0 Å². The van der Waals surface area contributed by atoms with Crippen LogP contribution in [0, 0.1) is 0 Å². The van der Waals surface area contributed by atoms with E-state index in [2.05, 4.69) is 4.98 Å². The maximum Gasteiger partial charge on any atom is 0.335 e. The topological polar surface area (TPSA) is 83.6 Å². The molecule has 0 saturated heterocycles. The van der Waals surface area contributed by atoms with Gasteiger partial charge >= 0.3 is 5.97 Å². The van der Waals surface area contributed by atoms with Crippen LogP contribution in [0.5, 0.6) is 0 Å². The minimum Gasteiger partial charge on any atom is -0.478 e. The second kappa shape index (κ2) is 3.12. The Kier molecular flexibility index (Phi) is 1.94. The molecule has 5 heteroatoms. The van der Waals surface area contributed by atoms with Crippen LogP contribution >= 0.6 is 0 Å². The molecular weight excluding hydrogens is 186 g/mol. The van der Waals surface area contributed by atoms with Gasteiger partial charge in [0.25, 0.3) is 0 Å². The molecule has 0 spiro atoms. The monoisotopic (exact) mass is 193 g/mol. The van der Waals surface area contributed by atoms with Crippen molar-refractivity contribution in [3.8, 4) is 0 Å². The van der Waals surface area contributed by atoms with E-state index >= 15 is 0 Å². The third-order valence-electron chi connectivity index (χ3n) is 1.81. The first-order valence-corrected chi connectivity index (χ1v) is 3.94. The van der Waals surface area contributed by atoms with Crippen molar-refractivity contribution in [3.05, 3.63) is 29.7 Å². The second-order valence-electron chi connectivity index (χ2n) is 2.75. The first-order valence-electron chi connectivity index (χ1n) is 3.94. The van der Waals surface area contributed by atoms with Crippen LogP contribution in [0.15, 0.2) is 22.6 Å². The fraction of sp³-hybridized carbons (Fsp3) is 0.111. The molecule has 2 N–H and O–H groups in total. The lowest BCUT2D eigenvalue weighted by molar-refractivity contribution is 0.0697. The fourth-order valence-corrected chi connectivity index (χ4v) is 1.17. The van der Waals surface area contributed by atoms with E-state index in [0.717, 1.165) is 0 Å². The molecule has 72 valence electrons. The van der Waals surface area contributed by atoms with Gasteiger partial charge in [0.1, 0.15) is 12.1 Å². The average Bonchev–Trinajstić information content (AvgIpc) is 2.58. The van der Waals surface area contributed by atoms with Gasteiger partial charge < -0.3 is 14.6 Å². The lowest BCUT2D eigenvalue weighted by atomic mass is 10.2. The number of aromatic nitrogens is 1. The van der Waals surface area contributed by atoms with Gasteiger partial charge in [0.05, 0.1) is 5.56 Å². The van der Waals surface area contributed by atoms with Gasteiger partial charge in [-0.15, -0.1) is 0 Å². The highest BCUT2D eigenvalue weighted by Gasteiger charge is 2.08. The molecule has 0 amide bonds. The number of nitrogens with zero attached hydrogens (tertiary/aromatic N) is 1. The Hall–Kier alpha value is -1.88. The smallest absolute Gasteiger partial charge is 0.335 e. The summed E-state index contributed by atoms with van der Waals surface area (Å²) in [5.41, 5.74) is 1.05. The number of aliphatic hydroxyl groups excluding tert-OH is 1. The summed E-state index contributed by atoms with van der Waals surface area (Å²) in [4.78, 5) is 14.5. The van der Waals surface area contributed by atoms with E-state index in [1.54, 1.807) is 6.07 Å². The third-order valence-corrected chi connectivity index (χ3v) is 1.81. The zero-order chi connectivity index (χ0) is 10.1. The number of rotatable bonds is 2. The Balaban J connectivity index is 2.59. The number of carboxylic acids is 1. The van der Waals surface area contributed by atoms with Gasteiger partial charge in [-0.2, -0.15) is 0 Å². The summed E-state index contributed by atoms with van der Waals surface area (Å²) in [6.07, 6.45) is 0. The summed E-state index contributed by atoms with van der Waals surface area (Å²) in [5.74, 6) is -0.837. The number of carboxylic acid groups (broad SMARTS) is 1. The summed E-state index contributed by atoms with van der Waals surface area (Å²) in [7, 11) is 0. The minimum atomic E-state index is -1.02. The number of hydrogen-bond acceptors (Lipinski definition) is 4. The highest BCUT2D eigenvalue weighted by molar-refractivity contribution is 5.91. The summed E-state index contributed by atoms with van der Waals surface area (Å²) in [5, 5.41) is 17.4. The molecule has 14 heavy (non-hydrogen) atoms. The van der Waals surface area contributed by atoms with Crippen molar-refractivity contribution in [2.75, 3.05) is 0 Å². The Labute approximate surface area is 78.6 Å². The number of fused-ring (bicyclic) bond motifs is 1. The molecule has 1 heterocycles. The first-order chi connectivity index (χ1) is 6.70. The van der Waals surface area contributed by atoms with Crippen LogP contribution in [-0.2, 0) is 6.61 Å². The molecule has 0 bridgehead atoms. The molecule has 2 aromatic rings. The Bertz CT molecular complexity index is 489. The molecule has 0 aliphatic carbocycles. The predicted molar refractivity (Wildman–Crippen MR) is 46.9 cm³/mol. The molecule has 1 aromatic carbocycles. The highest BCUT2D eigenvalue weighted by Crippen LogP contribution is 2.17. The van der Waals surface area contributed by atoms with E-state index in [-0.39, 0.29) is 18.1 Å². The van der Waals surface area contributed by atoms with Gasteiger partial charge in [-0.1, -0.05) is 0 Å². The van der Waals surface area contributed by atoms with Crippen molar-refractivity contribution >= 4 is 17.1 Å². The Morgan fingerprint density at radius 3 is 2.93 bits per heavy atom. The molecule has 0 fully saturated rings. The van der Waals surface area contributed by atoms with Crippen molar-refractivity contribution < 1.29 is 19.4 Å². The molecular formula is C9H7NO4. The molecule has 0 aliphatic heterocycles. The van der Waals surface area contributed by atoms with Crippen LogP contribution in [0.4, 0.5) is 0 Å². The molecule has 0 unspecified atom stereocenters. The number of aliphatic hydroxyl groups is 1. The maximum absolute atomic E-state index is 10.6. The van der Waals surface area contributed by atoms with Crippen LogP contribution in [0.25, 0.3) is 11.1 Å². The van der Waals surface area contributed by atoms with E-state index < -0.39 is 5.97 Å². The summed E-state index contributed by atoms with van der Waals surface area (Å²) >= 11 is 0. The SMILES string of the molecule is O=C(O)c1ccc2nc(CO)oc2c1. The molecule has 0 aliphatic rings. The Morgan fingerprint density at radius 1 is 1.50 bits per heavy atom. The van der Waals surface area contributed by atoms with Gasteiger partial charge in [-0.25, -0.2) is 9.78 Å². The van der Waals surface area contributed by atoms with Crippen LogP contribution in [0.2, 0.25) is 0 Å².